The molecule has 12 heteroatoms. The highest BCUT2D eigenvalue weighted by Gasteiger charge is 2.28. The van der Waals surface area contributed by atoms with Crippen LogP contribution in [-0.2, 0) is 42.2 Å². The minimum atomic E-state index is -4.79. The van der Waals surface area contributed by atoms with Crippen molar-refractivity contribution in [2.75, 3.05) is 26.4 Å². The Morgan fingerprint density at radius 1 is 0.362 bits per heavy atom. The summed E-state index contributed by atoms with van der Waals surface area (Å²) < 4.78 is 39.5. The van der Waals surface area contributed by atoms with Crippen LogP contribution in [0.15, 0.2) is 134 Å². The Balaban J connectivity index is 4.87. The summed E-state index contributed by atoms with van der Waals surface area (Å²) in [6, 6.07) is 0. The van der Waals surface area contributed by atoms with Gasteiger partial charge in [-0.1, -0.05) is 231 Å². The summed E-state index contributed by atoms with van der Waals surface area (Å²) in [7, 11) is -4.79. The van der Waals surface area contributed by atoms with Crippen LogP contribution in [0.25, 0.3) is 0 Å². The number of hydrogen-bond acceptors (Lipinski definition) is 10. The van der Waals surface area contributed by atoms with Crippen molar-refractivity contribution >= 4 is 25.7 Å². The predicted molar refractivity (Wildman–Crippen MR) is 334 cm³/mol. The Kier molecular flexibility index (Phi) is 57.4. The second kappa shape index (κ2) is 60.7. The van der Waals surface area contributed by atoms with Crippen LogP contribution in [0.2, 0.25) is 0 Å². The molecule has 0 heterocycles. The van der Waals surface area contributed by atoms with Gasteiger partial charge >= 0.3 is 25.7 Å². The van der Waals surface area contributed by atoms with Crippen LogP contribution in [0.1, 0.15) is 239 Å². The molecule has 0 saturated heterocycles. The molecule has 0 spiro atoms. The molecule has 0 aliphatic rings. The van der Waals surface area contributed by atoms with Crippen molar-refractivity contribution in [1.29, 1.82) is 0 Å². The molecular formula is C68H111O11P. The lowest BCUT2D eigenvalue weighted by Gasteiger charge is -2.21. The summed E-state index contributed by atoms with van der Waals surface area (Å²) >= 11 is 0. The molecule has 80 heavy (non-hydrogen) atoms. The molecule has 0 rings (SSSR count). The number of esters is 3. The quantitative estimate of drug-likeness (QED) is 0.0197. The van der Waals surface area contributed by atoms with Crippen LogP contribution in [0, 0.1) is 0 Å². The molecule has 0 fully saturated rings. The van der Waals surface area contributed by atoms with E-state index in [2.05, 4.69) is 142 Å². The molecule has 3 atom stereocenters. The first kappa shape index (κ1) is 75.6. The zero-order chi connectivity index (χ0) is 58.3. The van der Waals surface area contributed by atoms with E-state index in [0.717, 1.165) is 96.3 Å². The van der Waals surface area contributed by atoms with Gasteiger partial charge in [0.25, 0.3) is 0 Å². The van der Waals surface area contributed by atoms with Gasteiger partial charge in [-0.3, -0.25) is 23.4 Å². The van der Waals surface area contributed by atoms with E-state index in [4.69, 9.17) is 23.3 Å². The number of unbranched alkanes of at least 4 members (excludes halogenated alkanes) is 17. The van der Waals surface area contributed by atoms with Gasteiger partial charge in [-0.05, 0) is 122 Å². The number of aliphatic hydroxyl groups excluding tert-OH is 1. The Labute approximate surface area is 487 Å². The van der Waals surface area contributed by atoms with Gasteiger partial charge in [-0.2, -0.15) is 0 Å². The molecule has 0 radical (unpaired) electrons. The average Bonchev–Trinajstić information content (AvgIpc) is 3.45. The van der Waals surface area contributed by atoms with E-state index >= 15 is 0 Å². The van der Waals surface area contributed by atoms with Crippen LogP contribution in [-0.4, -0.2) is 66.5 Å². The molecule has 0 saturated carbocycles. The van der Waals surface area contributed by atoms with Gasteiger partial charge in [0.15, 0.2) is 6.10 Å². The lowest BCUT2D eigenvalue weighted by molar-refractivity contribution is -0.161. The first-order valence-electron chi connectivity index (χ1n) is 31.1. The van der Waals surface area contributed by atoms with Crippen LogP contribution in [0.4, 0.5) is 0 Å². The van der Waals surface area contributed by atoms with Crippen molar-refractivity contribution < 1.29 is 52.2 Å². The highest BCUT2D eigenvalue weighted by molar-refractivity contribution is 7.47. The summed E-state index contributed by atoms with van der Waals surface area (Å²) in [5, 5.41) is 9.83. The Morgan fingerprint density at radius 2 is 0.675 bits per heavy atom. The number of carbonyl (C=O) groups is 3. The lowest BCUT2D eigenvalue weighted by Crippen LogP contribution is -2.30. The number of aliphatic hydroxyl groups is 1. The molecule has 454 valence electrons. The highest BCUT2D eigenvalue weighted by Crippen LogP contribution is 2.43. The molecule has 11 nitrogen and oxygen atoms in total. The zero-order valence-electron chi connectivity index (χ0n) is 50.2. The molecule has 0 aliphatic heterocycles. The number of ether oxygens (including phenoxy) is 3. The normalized spacial score (nSPS) is 14.2. The molecule has 0 aromatic heterocycles. The van der Waals surface area contributed by atoms with E-state index in [-0.39, 0.29) is 25.9 Å². The smallest absolute Gasteiger partial charge is 0.462 e. The van der Waals surface area contributed by atoms with Gasteiger partial charge in [0.05, 0.1) is 19.8 Å². The van der Waals surface area contributed by atoms with Gasteiger partial charge in [-0.25, -0.2) is 4.57 Å². The zero-order valence-corrected chi connectivity index (χ0v) is 51.1. The number of rotatable bonds is 56. The first-order chi connectivity index (χ1) is 39.2. The molecule has 0 bridgehead atoms. The molecular weight excluding hydrogens is 1020 g/mol. The molecule has 0 amide bonds. The topological polar surface area (TPSA) is 155 Å². The standard InChI is InChI=1S/C68H111O11P/c1-4-7-10-13-16-19-22-25-28-30-32-34-37-39-42-45-48-51-54-57-66(70)75-61-65(79-68(72)59-56-53-50-47-44-41-38-35-33-31-29-26-23-20-17-14-11-8-5-2)63-77-80(73,74)76-62-64(60-69)78-67(71)58-55-52-49-46-43-40-36-27-24-21-18-15-12-9-6-3/h7,9-10,12,16,18-19,21,25-29,32,34,36,39,42-43,46,48,51,64-65,69H,4-6,8,11,13-15,17,20,22-24,30-31,33,35,37-38,40-41,44-45,47,49-50,52-63H2,1-3H3,(H,73,74)/b10-7-,12-9-,19-16-,21-18-,28-25-,29-26-,34-32-,36-27-,42-39-,46-43-,51-48-. The van der Waals surface area contributed by atoms with Gasteiger partial charge in [-0.15, -0.1) is 0 Å². The minimum Gasteiger partial charge on any atom is -0.462 e. The average molecular weight is 1140 g/mol. The maximum atomic E-state index is 12.9. The SMILES string of the molecule is CC/C=C\C/C=C\C/C=C\C/C=C\C/C=C\C/C=C\CCC(=O)OCC(COP(=O)(O)OCC(CO)OC(=O)CCCC/C=C\C/C=C\C/C=C\C/C=C\CC)OC(=O)CCCCCCCCCCC/C=C\CCCCCCCC. The summed E-state index contributed by atoms with van der Waals surface area (Å²) in [6.45, 7) is 4.28. The molecule has 3 unspecified atom stereocenters. The van der Waals surface area contributed by atoms with Crippen molar-refractivity contribution in [1.82, 2.24) is 0 Å². The fraction of sp³-hybridized carbons (Fsp3) is 0.632. The molecule has 0 aliphatic carbocycles. The fourth-order valence-electron chi connectivity index (χ4n) is 7.90. The van der Waals surface area contributed by atoms with Gasteiger partial charge < -0.3 is 24.2 Å². The van der Waals surface area contributed by atoms with E-state index in [1.54, 1.807) is 0 Å². The summed E-state index contributed by atoms with van der Waals surface area (Å²) in [5.41, 5.74) is 0. The van der Waals surface area contributed by atoms with Crippen LogP contribution >= 0.6 is 7.82 Å². The van der Waals surface area contributed by atoms with E-state index in [1.165, 1.54) is 83.5 Å². The third-order valence-corrected chi connectivity index (χ3v) is 13.5. The molecule has 2 N–H and O–H groups in total. The van der Waals surface area contributed by atoms with Crippen LogP contribution in [0.3, 0.4) is 0 Å². The largest absolute Gasteiger partial charge is 0.472 e. The van der Waals surface area contributed by atoms with E-state index in [9.17, 15) is 28.9 Å². The van der Waals surface area contributed by atoms with E-state index in [0.29, 0.717) is 19.3 Å². The summed E-state index contributed by atoms with van der Waals surface area (Å²) in [5.74, 6) is -1.62. The number of carbonyl (C=O) groups excluding carboxylic acids is 3. The number of hydrogen-bond donors (Lipinski definition) is 2. The first-order valence-corrected chi connectivity index (χ1v) is 32.6. The summed E-state index contributed by atoms with van der Waals surface area (Å²) in [6.07, 6.45) is 77.1. The van der Waals surface area contributed by atoms with Gasteiger partial charge in [0.2, 0.25) is 0 Å². The highest BCUT2D eigenvalue weighted by atomic mass is 31.2. The number of phosphoric acid groups is 1. The van der Waals surface area contributed by atoms with Crippen molar-refractivity contribution in [3.8, 4) is 0 Å². The van der Waals surface area contributed by atoms with Crippen molar-refractivity contribution in [2.24, 2.45) is 0 Å². The third-order valence-electron chi connectivity index (χ3n) is 12.6. The Bertz CT molecular complexity index is 1850. The van der Waals surface area contributed by atoms with Crippen LogP contribution < -0.4 is 0 Å². The van der Waals surface area contributed by atoms with Crippen LogP contribution in [0.5, 0.6) is 0 Å². The van der Waals surface area contributed by atoms with Gasteiger partial charge in [0, 0.05) is 19.3 Å². The van der Waals surface area contributed by atoms with Crippen molar-refractivity contribution in [2.45, 2.75) is 251 Å². The minimum absolute atomic E-state index is 0.0918. The Hall–Kier alpha value is -4.38. The van der Waals surface area contributed by atoms with E-state index in [1.807, 2.05) is 12.2 Å². The van der Waals surface area contributed by atoms with Gasteiger partial charge in [0.1, 0.15) is 12.7 Å². The molecule has 0 aromatic rings. The fourth-order valence-corrected chi connectivity index (χ4v) is 8.68. The van der Waals surface area contributed by atoms with Crippen molar-refractivity contribution in [3.63, 3.8) is 0 Å². The second-order valence-electron chi connectivity index (χ2n) is 20.1. The van der Waals surface area contributed by atoms with Crippen molar-refractivity contribution in [3.05, 3.63) is 134 Å². The predicted octanol–water partition coefficient (Wildman–Crippen LogP) is 18.9. The lowest BCUT2D eigenvalue weighted by atomic mass is 10.1. The maximum Gasteiger partial charge on any atom is 0.472 e. The monoisotopic (exact) mass is 1130 g/mol. The van der Waals surface area contributed by atoms with E-state index < -0.39 is 57.8 Å². The number of allylic oxidation sites excluding steroid dienone is 22. The Morgan fingerprint density at radius 3 is 1.09 bits per heavy atom. The third kappa shape index (κ3) is 58.3. The summed E-state index contributed by atoms with van der Waals surface area (Å²) in [4.78, 5) is 48.7. The maximum absolute atomic E-state index is 12.9. The number of phosphoric ester groups is 1. The second-order valence-corrected chi connectivity index (χ2v) is 21.6. The molecule has 0 aromatic carbocycles.